The minimum Gasteiger partial charge on any atom is -0.356 e. The molecule has 8 heteroatoms. The van der Waals surface area contributed by atoms with Gasteiger partial charge in [0.2, 0.25) is 11.8 Å². The van der Waals surface area contributed by atoms with Gasteiger partial charge in [-0.1, -0.05) is 39.5 Å². The maximum atomic E-state index is 12.0. The van der Waals surface area contributed by atoms with Crippen LogP contribution >= 0.6 is 0 Å². The second-order valence-corrected chi connectivity index (χ2v) is 8.60. The van der Waals surface area contributed by atoms with E-state index in [0.717, 1.165) is 18.8 Å². The minimum atomic E-state index is -0.632. The summed E-state index contributed by atoms with van der Waals surface area (Å²) in [5, 5.41) is 5.69. The number of nitrogens with zero attached hydrogens (tertiary/aromatic N) is 1. The minimum absolute atomic E-state index is 0.0150. The number of hydrogen-bond donors (Lipinski definition) is 3. The van der Waals surface area contributed by atoms with Gasteiger partial charge in [-0.15, -0.1) is 0 Å². The first-order valence-electron chi connectivity index (χ1n) is 11.6. The molecule has 0 aromatic rings. The van der Waals surface area contributed by atoms with E-state index < -0.39 is 6.04 Å². The van der Waals surface area contributed by atoms with Crippen LogP contribution in [0.2, 0.25) is 0 Å². The van der Waals surface area contributed by atoms with Crippen molar-refractivity contribution in [3.8, 4) is 0 Å². The van der Waals surface area contributed by atoms with Gasteiger partial charge in [0, 0.05) is 38.2 Å². The number of rotatable bonds is 17. The van der Waals surface area contributed by atoms with Gasteiger partial charge in [-0.3, -0.25) is 24.1 Å². The van der Waals surface area contributed by atoms with Gasteiger partial charge in [-0.25, -0.2) is 0 Å². The molecule has 31 heavy (non-hydrogen) atoms. The molecule has 0 radical (unpaired) electrons. The lowest BCUT2D eigenvalue weighted by atomic mass is 10.0. The molecule has 1 unspecified atom stereocenters. The predicted octanol–water partition coefficient (Wildman–Crippen LogP) is 2.03. The van der Waals surface area contributed by atoms with Crippen LogP contribution in [0.25, 0.3) is 0 Å². The molecule has 1 rings (SSSR count). The number of unbranched alkanes of at least 4 members (excludes halogenated alkanes) is 4. The summed E-state index contributed by atoms with van der Waals surface area (Å²) in [5.41, 5.74) is 5.89. The zero-order chi connectivity index (χ0) is 23.1. The Labute approximate surface area is 186 Å². The van der Waals surface area contributed by atoms with Crippen LogP contribution in [-0.4, -0.2) is 54.2 Å². The average Bonchev–Trinajstić information content (AvgIpc) is 3.04. The molecule has 1 aliphatic rings. The first-order chi connectivity index (χ1) is 14.8. The number of hydrogen-bond acceptors (Lipinski definition) is 5. The number of nitrogens with one attached hydrogen (secondary N) is 2. The fraction of sp³-hybridized carbons (Fsp3) is 0.739. The lowest BCUT2D eigenvalue weighted by Gasteiger charge is -2.15. The summed E-state index contributed by atoms with van der Waals surface area (Å²) in [6, 6.07) is -0.632. The molecule has 0 aromatic carbocycles. The molecule has 0 spiro atoms. The van der Waals surface area contributed by atoms with E-state index in [1.165, 1.54) is 36.3 Å². The molecule has 0 aromatic heterocycles. The van der Waals surface area contributed by atoms with Crippen molar-refractivity contribution in [1.29, 1.82) is 0 Å². The largest absolute Gasteiger partial charge is 0.356 e. The van der Waals surface area contributed by atoms with E-state index in [1.54, 1.807) is 0 Å². The van der Waals surface area contributed by atoms with Crippen LogP contribution in [0.15, 0.2) is 12.2 Å². The Kier molecular flexibility index (Phi) is 13.5. The van der Waals surface area contributed by atoms with E-state index in [9.17, 15) is 19.2 Å². The second-order valence-electron chi connectivity index (χ2n) is 8.60. The lowest BCUT2D eigenvalue weighted by molar-refractivity contribution is -0.137. The van der Waals surface area contributed by atoms with E-state index in [4.69, 9.17) is 5.73 Å². The normalized spacial score (nSPS) is 14.4. The highest BCUT2D eigenvalue weighted by molar-refractivity contribution is 6.12. The Hall–Kier alpha value is -2.22. The van der Waals surface area contributed by atoms with E-state index in [1.807, 2.05) is 0 Å². The predicted molar refractivity (Wildman–Crippen MR) is 121 cm³/mol. The third kappa shape index (κ3) is 12.3. The van der Waals surface area contributed by atoms with E-state index in [-0.39, 0.29) is 23.6 Å². The Morgan fingerprint density at radius 3 is 2.16 bits per heavy atom. The maximum Gasteiger partial charge on any atom is 0.253 e. The van der Waals surface area contributed by atoms with Crippen molar-refractivity contribution in [1.82, 2.24) is 15.5 Å². The molecule has 0 aliphatic carbocycles. The molecular formula is C23H40N4O4. The van der Waals surface area contributed by atoms with E-state index in [0.29, 0.717) is 51.7 Å². The molecule has 1 heterocycles. The summed E-state index contributed by atoms with van der Waals surface area (Å²) in [7, 11) is 0. The van der Waals surface area contributed by atoms with Crippen LogP contribution in [0.4, 0.5) is 0 Å². The van der Waals surface area contributed by atoms with Crippen LogP contribution in [0.5, 0.6) is 0 Å². The van der Waals surface area contributed by atoms with Gasteiger partial charge < -0.3 is 16.4 Å². The molecule has 4 amide bonds. The summed E-state index contributed by atoms with van der Waals surface area (Å²) in [4.78, 5) is 47.9. The monoisotopic (exact) mass is 436 g/mol. The third-order valence-corrected chi connectivity index (χ3v) is 5.29. The molecule has 1 aliphatic heterocycles. The van der Waals surface area contributed by atoms with Crippen LogP contribution in [0.1, 0.15) is 78.1 Å². The molecule has 0 fully saturated rings. The molecule has 4 N–H and O–H groups in total. The van der Waals surface area contributed by atoms with Gasteiger partial charge in [0.25, 0.3) is 11.8 Å². The molecule has 0 saturated carbocycles. The first kappa shape index (κ1) is 26.8. The number of imide groups is 1. The number of carbonyl (C=O) groups is 4. The molecule has 176 valence electrons. The van der Waals surface area contributed by atoms with Gasteiger partial charge in [0.1, 0.15) is 0 Å². The highest BCUT2D eigenvalue weighted by Crippen LogP contribution is 2.09. The van der Waals surface area contributed by atoms with Crippen molar-refractivity contribution in [2.45, 2.75) is 84.1 Å². The zero-order valence-electron chi connectivity index (χ0n) is 19.2. The van der Waals surface area contributed by atoms with Gasteiger partial charge in [0.15, 0.2) is 0 Å². The summed E-state index contributed by atoms with van der Waals surface area (Å²) >= 11 is 0. The maximum absolute atomic E-state index is 12.0. The van der Waals surface area contributed by atoms with Crippen molar-refractivity contribution < 1.29 is 19.2 Å². The summed E-state index contributed by atoms with van der Waals surface area (Å²) < 4.78 is 0. The van der Waals surface area contributed by atoms with Gasteiger partial charge in [0.05, 0.1) is 6.04 Å². The van der Waals surface area contributed by atoms with Gasteiger partial charge in [-0.05, 0) is 38.0 Å². The fourth-order valence-electron chi connectivity index (χ4n) is 3.36. The first-order valence-corrected chi connectivity index (χ1v) is 11.6. The quantitative estimate of drug-likeness (QED) is 0.238. The lowest BCUT2D eigenvalue weighted by Crippen LogP contribution is -2.41. The summed E-state index contributed by atoms with van der Waals surface area (Å²) in [6.45, 7) is 5.93. The van der Waals surface area contributed by atoms with Crippen LogP contribution < -0.4 is 16.4 Å². The molecular weight excluding hydrogens is 396 g/mol. The second kappa shape index (κ2) is 15.6. The number of amides is 4. The fourth-order valence-corrected chi connectivity index (χ4v) is 3.36. The standard InChI is InChI=1S/C23H40N4O4/c1-18(2)10-5-3-4-7-15-25-20(28)12-9-16-26-23(31)19(24)11-6-8-17-27-21(29)13-14-22(27)30/h13-14,18-19H,3-12,15-17,24H2,1-2H3,(H,25,28)(H,26,31). The number of carbonyl (C=O) groups excluding carboxylic acids is 4. The smallest absolute Gasteiger partial charge is 0.253 e. The topological polar surface area (TPSA) is 122 Å². The van der Waals surface area contributed by atoms with Crippen molar-refractivity contribution in [2.24, 2.45) is 11.7 Å². The molecule has 1 atom stereocenters. The molecule has 0 saturated heterocycles. The van der Waals surface area contributed by atoms with Crippen molar-refractivity contribution in [2.75, 3.05) is 19.6 Å². The van der Waals surface area contributed by atoms with Crippen molar-refractivity contribution >= 4 is 23.6 Å². The third-order valence-electron chi connectivity index (χ3n) is 5.29. The Morgan fingerprint density at radius 2 is 1.48 bits per heavy atom. The highest BCUT2D eigenvalue weighted by atomic mass is 16.2. The highest BCUT2D eigenvalue weighted by Gasteiger charge is 2.22. The molecule has 0 bridgehead atoms. The number of nitrogens with two attached hydrogens (primary N) is 1. The van der Waals surface area contributed by atoms with E-state index >= 15 is 0 Å². The Bertz CT molecular complexity index is 601. The Morgan fingerprint density at radius 1 is 0.871 bits per heavy atom. The van der Waals surface area contributed by atoms with Crippen LogP contribution in [0.3, 0.4) is 0 Å². The Balaban J connectivity index is 1.97. The average molecular weight is 437 g/mol. The zero-order valence-corrected chi connectivity index (χ0v) is 19.2. The van der Waals surface area contributed by atoms with Gasteiger partial charge in [-0.2, -0.15) is 0 Å². The SMILES string of the molecule is CC(C)CCCCCCNC(=O)CCCNC(=O)C(N)CCCCN1C(=O)C=CC1=O. The summed E-state index contributed by atoms with van der Waals surface area (Å²) in [5.74, 6) is -0.0559. The van der Waals surface area contributed by atoms with Crippen molar-refractivity contribution in [3.63, 3.8) is 0 Å². The van der Waals surface area contributed by atoms with Crippen molar-refractivity contribution in [3.05, 3.63) is 12.2 Å². The van der Waals surface area contributed by atoms with Crippen LogP contribution in [0, 0.1) is 5.92 Å². The van der Waals surface area contributed by atoms with Crippen LogP contribution in [-0.2, 0) is 19.2 Å². The van der Waals surface area contributed by atoms with Gasteiger partial charge >= 0.3 is 0 Å². The van der Waals surface area contributed by atoms with E-state index in [2.05, 4.69) is 24.5 Å². The molecule has 8 nitrogen and oxygen atoms in total. The summed E-state index contributed by atoms with van der Waals surface area (Å²) in [6.07, 6.45) is 11.1.